The minimum Gasteiger partial charge on any atom is -0.236 e. The predicted molar refractivity (Wildman–Crippen MR) is 70.0 cm³/mol. The molecule has 19 heavy (non-hydrogen) atoms. The Bertz CT molecular complexity index is 633. The van der Waals surface area contributed by atoms with Crippen LogP contribution in [0.1, 0.15) is 0 Å². The van der Waals surface area contributed by atoms with Crippen LogP contribution in [0.25, 0.3) is 17.2 Å². The highest BCUT2D eigenvalue weighted by Gasteiger charge is 2.11. The zero-order valence-corrected chi connectivity index (χ0v) is 11.1. The van der Waals surface area contributed by atoms with Gasteiger partial charge in [0, 0.05) is 16.2 Å². The van der Waals surface area contributed by atoms with Crippen LogP contribution in [0.15, 0.2) is 47.1 Å². The lowest BCUT2D eigenvalue weighted by Gasteiger charge is -2.03. The largest absolute Gasteiger partial charge is 0.236 e. The molecule has 0 spiro atoms. The molecule has 0 bridgehead atoms. The zero-order valence-electron chi connectivity index (χ0n) is 9.53. The molecular formula is C12H7BrFN5. The van der Waals surface area contributed by atoms with Gasteiger partial charge in [0.15, 0.2) is 11.6 Å². The lowest BCUT2D eigenvalue weighted by atomic mass is 10.2. The number of hydrogen-bond donors (Lipinski definition) is 0. The maximum absolute atomic E-state index is 12.9. The van der Waals surface area contributed by atoms with E-state index in [9.17, 15) is 4.39 Å². The van der Waals surface area contributed by atoms with Crippen molar-refractivity contribution in [3.63, 3.8) is 0 Å². The molecule has 0 atom stereocenters. The average Bonchev–Trinajstić information content (AvgIpc) is 2.90. The van der Waals surface area contributed by atoms with Gasteiger partial charge < -0.3 is 0 Å². The molecule has 5 nitrogen and oxygen atoms in total. The normalized spacial score (nSPS) is 10.6. The highest BCUT2D eigenvalue weighted by Crippen LogP contribution is 2.19. The van der Waals surface area contributed by atoms with E-state index in [1.54, 1.807) is 24.4 Å². The van der Waals surface area contributed by atoms with Crippen molar-refractivity contribution in [3.05, 3.63) is 52.9 Å². The molecule has 0 aliphatic rings. The van der Waals surface area contributed by atoms with E-state index < -0.39 is 0 Å². The molecule has 0 aliphatic carbocycles. The van der Waals surface area contributed by atoms with Gasteiger partial charge in [-0.25, -0.2) is 9.37 Å². The lowest BCUT2D eigenvalue weighted by molar-refractivity contribution is 0.628. The van der Waals surface area contributed by atoms with Crippen molar-refractivity contribution >= 4 is 15.9 Å². The predicted octanol–water partition coefficient (Wildman–Crippen LogP) is 2.63. The highest BCUT2D eigenvalue weighted by molar-refractivity contribution is 9.10. The van der Waals surface area contributed by atoms with Crippen LogP contribution in [0.5, 0.6) is 0 Å². The Balaban J connectivity index is 2.07. The van der Waals surface area contributed by atoms with Crippen LogP contribution in [-0.2, 0) is 0 Å². The average molecular weight is 320 g/mol. The Kier molecular flexibility index (Phi) is 3.04. The fraction of sp³-hybridized carbons (Fsp3) is 0. The van der Waals surface area contributed by atoms with Gasteiger partial charge >= 0.3 is 0 Å². The molecular weight excluding hydrogens is 313 g/mol. The molecule has 3 rings (SSSR count). The first-order valence-electron chi connectivity index (χ1n) is 5.40. The van der Waals surface area contributed by atoms with Crippen molar-refractivity contribution in [2.75, 3.05) is 0 Å². The van der Waals surface area contributed by atoms with Gasteiger partial charge in [-0.2, -0.15) is 4.68 Å². The molecule has 0 saturated carbocycles. The quantitative estimate of drug-likeness (QED) is 0.728. The van der Waals surface area contributed by atoms with Crippen LogP contribution in [-0.4, -0.2) is 25.2 Å². The maximum atomic E-state index is 12.9. The summed E-state index contributed by atoms with van der Waals surface area (Å²) in [5.74, 6) is 0.798. The van der Waals surface area contributed by atoms with Crippen molar-refractivity contribution in [3.8, 4) is 17.2 Å². The molecule has 2 aromatic heterocycles. The van der Waals surface area contributed by atoms with Crippen molar-refractivity contribution in [1.82, 2.24) is 25.2 Å². The van der Waals surface area contributed by atoms with Crippen LogP contribution in [0.2, 0.25) is 0 Å². The minimum atomic E-state index is -0.301. The van der Waals surface area contributed by atoms with E-state index in [2.05, 4.69) is 36.4 Å². The van der Waals surface area contributed by atoms with Gasteiger partial charge in [0.1, 0.15) is 5.82 Å². The molecule has 7 heteroatoms. The Labute approximate surface area is 116 Å². The van der Waals surface area contributed by atoms with E-state index in [-0.39, 0.29) is 5.82 Å². The van der Waals surface area contributed by atoms with Crippen LogP contribution in [0.4, 0.5) is 4.39 Å². The summed E-state index contributed by atoms with van der Waals surface area (Å²) < 4.78 is 15.3. The molecule has 0 fully saturated rings. The Hall–Kier alpha value is -2.15. The van der Waals surface area contributed by atoms with Gasteiger partial charge in [-0.05, 0) is 62.8 Å². The number of pyridine rings is 1. The van der Waals surface area contributed by atoms with E-state index >= 15 is 0 Å². The van der Waals surface area contributed by atoms with E-state index in [1.165, 1.54) is 16.8 Å². The summed E-state index contributed by atoms with van der Waals surface area (Å²) in [7, 11) is 0. The van der Waals surface area contributed by atoms with Crippen LogP contribution in [0.3, 0.4) is 0 Å². The lowest BCUT2D eigenvalue weighted by Crippen LogP contribution is -2.02. The Morgan fingerprint density at radius 3 is 2.53 bits per heavy atom. The standard InChI is InChI=1S/C12H7BrFN5/c13-9-3-6-11(15-7-9)19-12(16-17-18-19)8-1-4-10(14)5-2-8/h1-7H. The summed E-state index contributed by atoms with van der Waals surface area (Å²) in [6, 6.07) is 9.60. The molecule has 3 aromatic rings. The smallest absolute Gasteiger partial charge is 0.188 e. The fourth-order valence-corrected chi connectivity index (χ4v) is 1.85. The van der Waals surface area contributed by atoms with Crippen molar-refractivity contribution in [2.24, 2.45) is 0 Å². The first-order chi connectivity index (χ1) is 9.24. The molecule has 0 aliphatic heterocycles. The zero-order chi connectivity index (χ0) is 13.2. The van der Waals surface area contributed by atoms with E-state index in [1.807, 2.05) is 6.07 Å². The summed E-state index contributed by atoms with van der Waals surface area (Å²) in [5.41, 5.74) is 0.719. The highest BCUT2D eigenvalue weighted by atomic mass is 79.9. The first-order valence-corrected chi connectivity index (χ1v) is 6.19. The minimum absolute atomic E-state index is 0.301. The van der Waals surface area contributed by atoms with Gasteiger partial charge in [-0.3, -0.25) is 0 Å². The Morgan fingerprint density at radius 2 is 1.84 bits per heavy atom. The first kappa shape index (κ1) is 11.9. The van der Waals surface area contributed by atoms with Crippen molar-refractivity contribution in [1.29, 1.82) is 0 Å². The van der Waals surface area contributed by atoms with E-state index in [0.29, 0.717) is 11.6 Å². The van der Waals surface area contributed by atoms with Crippen molar-refractivity contribution < 1.29 is 4.39 Å². The number of hydrogen-bond acceptors (Lipinski definition) is 4. The van der Waals surface area contributed by atoms with E-state index in [4.69, 9.17) is 0 Å². The second-order valence-corrected chi connectivity index (χ2v) is 4.67. The van der Waals surface area contributed by atoms with Crippen LogP contribution in [0, 0.1) is 5.82 Å². The Morgan fingerprint density at radius 1 is 1.05 bits per heavy atom. The maximum Gasteiger partial charge on any atom is 0.188 e. The third-order valence-electron chi connectivity index (χ3n) is 2.50. The fourth-order valence-electron chi connectivity index (χ4n) is 1.61. The summed E-state index contributed by atoms with van der Waals surface area (Å²) in [6.07, 6.45) is 1.66. The SMILES string of the molecule is Fc1ccc(-c2nnnn2-c2ccc(Br)cn2)cc1. The summed E-state index contributed by atoms with van der Waals surface area (Å²) in [4.78, 5) is 4.22. The number of aromatic nitrogens is 5. The third-order valence-corrected chi connectivity index (χ3v) is 2.97. The van der Waals surface area contributed by atoms with Crippen LogP contribution < -0.4 is 0 Å². The molecule has 0 unspecified atom stereocenters. The van der Waals surface area contributed by atoms with Crippen LogP contribution >= 0.6 is 15.9 Å². The van der Waals surface area contributed by atoms with Gasteiger partial charge in [0.25, 0.3) is 0 Å². The molecule has 1 aromatic carbocycles. The number of nitrogens with zero attached hydrogens (tertiary/aromatic N) is 5. The molecule has 0 amide bonds. The molecule has 2 heterocycles. The van der Waals surface area contributed by atoms with Crippen molar-refractivity contribution in [2.45, 2.75) is 0 Å². The second-order valence-electron chi connectivity index (χ2n) is 3.76. The molecule has 0 radical (unpaired) electrons. The third kappa shape index (κ3) is 2.37. The summed E-state index contributed by atoms with van der Waals surface area (Å²) in [5, 5.41) is 11.5. The number of tetrazole rings is 1. The topological polar surface area (TPSA) is 56.5 Å². The summed E-state index contributed by atoms with van der Waals surface area (Å²) >= 11 is 3.32. The monoisotopic (exact) mass is 319 g/mol. The van der Waals surface area contributed by atoms with Gasteiger partial charge in [0.2, 0.25) is 0 Å². The number of rotatable bonds is 2. The number of halogens is 2. The van der Waals surface area contributed by atoms with Gasteiger partial charge in [-0.15, -0.1) is 5.10 Å². The van der Waals surface area contributed by atoms with Gasteiger partial charge in [0.05, 0.1) is 0 Å². The molecule has 94 valence electrons. The molecule has 0 saturated heterocycles. The summed E-state index contributed by atoms with van der Waals surface area (Å²) in [6.45, 7) is 0. The molecule has 0 N–H and O–H groups in total. The van der Waals surface area contributed by atoms with Gasteiger partial charge in [-0.1, -0.05) is 0 Å². The number of benzene rings is 1. The second kappa shape index (κ2) is 4.85. The van der Waals surface area contributed by atoms with E-state index in [0.717, 1.165) is 10.0 Å².